The van der Waals surface area contributed by atoms with Crippen molar-refractivity contribution in [1.82, 2.24) is 15.2 Å². The maximum atomic E-state index is 12.4. The first-order chi connectivity index (χ1) is 7.88. The molecule has 0 saturated carbocycles. The second-order valence-electron chi connectivity index (χ2n) is 3.76. The molecule has 0 bridgehead atoms. The normalized spacial score (nSPS) is 11.8. The Morgan fingerprint density at radius 3 is 2.35 bits per heavy atom. The Morgan fingerprint density at radius 2 is 1.82 bits per heavy atom. The molecular weight excluding hydrogens is 231 g/mol. The van der Waals surface area contributed by atoms with Gasteiger partial charge in [-0.05, 0) is 31.5 Å². The molecule has 1 N–H and O–H groups in total. The van der Waals surface area contributed by atoms with Gasteiger partial charge in [0.2, 0.25) is 0 Å². The topological polar surface area (TPSA) is 41.6 Å². The lowest BCUT2D eigenvalue weighted by Gasteiger charge is -2.01. The Balaban J connectivity index is 2.40. The predicted molar refractivity (Wildman–Crippen MR) is 56.3 cm³/mol. The molecule has 90 valence electrons. The summed E-state index contributed by atoms with van der Waals surface area (Å²) in [6.45, 7) is 3.69. The summed E-state index contributed by atoms with van der Waals surface area (Å²) in [4.78, 5) is 4.19. The van der Waals surface area contributed by atoms with E-state index < -0.39 is 11.9 Å². The molecule has 0 spiro atoms. The van der Waals surface area contributed by atoms with Gasteiger partial charge in [-0.3, -0.25) is 10.1 Å². The third-order valence-corrected chi connectivity index (χ3v) is 2.50. The molecule has 0 fully saturated rings. The number of pyridine rings is 1. The van der Waals surface area contributed by atoms with Crippen molar-refractivity contribution < 1.29 is 13.2 Å². The van der Waals surface area contributed by atoms with Crippen LogP contribution in [0.15, 0.2) is 18.2 Å². The summed E-state index contributed by atoms with van der Waals surface area (Å²) in [6.07, 6.45) is -4.41. The number of aromatic nitrogens is 3. The second kappa shape index (κ2) is 3.87. The van der Waals surface area contributed by atoms with Crippen molar-refractivity contribution in [2.45, 2.75) is 20.0 Å². The van der Waals surface area contributed by atoms with Gasteiger partial charge in [-0.1, -0.05) is 6.07 Å². The molecule has 0 aliphatic carbocycles. The highest BCUT2D eigenvalue weighted by Crippen LogP contribution is 2.29. The zero-order valence-electron chi connectivity index (χ0n) is 9.26. The maximum Gasteiger partial charge on any atom is 0.432 e. The number of H-pyrrole nitrogens is 1. The minimum Gasteiger partial charge on any atom is -0.273 e. The van der Waals surface area contributed by atoms with Crippen LogP contribution >= 0.6 is 0 Å². The quantitative estimate of drug-likeness (QED) is 0.833. The van der Waals surface area contributed by atoms with Crippen LogP contribution in [0.5, 0.6) is 0 Å². The number of hydrogen-bond donors (Lipinski definition) is 1. The molecular formula is C11H10F3N3. The second-order valence-corrected chi connectivity index (χ2v) is 3.76. The molecule has 6 heteroatoms. The van der Waals surface area contributed by atoms with Gasteiger partial charge in [0.25, 0.3) is 0 Å². The summed E-state index contributed by atoms with van der Waals surface area (Å²) < 4.78 is 37.1. The minimum absolute atomic E-state index is 0.195. The highest BCUT2D eigenvalue weighted by Gasteiger charge is 2.33. The van der Waals surface area contributed by atoms with E-state index in [2.05, 4.69) is 10.1 Å². The standard InChI is InChI=1S/C11H10F3N3/c1-6-3-4-8(15-7(6)2)9-5-10(17-16-9)11(12,13)14/h3-5H,1-2H3,(H,16,17). The van der Waals surface area contributed by atoms with E-state index in [0.717, 1.165) is 17.3 Å². The molecule has 2 heterocycles. The van der Waals surface area contributed by atoms with Crippen LogP contribution in [0.2, 0.25) is 0 Å². The van der Waals surface area contributed by atoms with Crippen molar-refractivity contribution in [2.75, 3.05) is 0 Å². The first-order valence-electron chi connectivity index (χ1n) is 4.95. The predicted octanol–water partition coefficient (Wildman–Crippen LogP) is 3.11. The third kappa shape index (κ3) is 2.30. The number of aryl methyl sites for hydroxylation is 2. The molecule has 0 aliphatic rings. The molecule has 0 radical (unpaired) electrons. The van der Waals surface area contributed by atoms with Crippen molar-refractivity contribution in [3.63, 3.8) is 0 Å². The van der Waals surface area contributed by atoms with E-state index in [0.29, 0.717) is 5.69 Å². The van der Waals surface area contributed by atoms with Crippen LogP contribution in [0.3, 0.4) is 0 Å². The van der Waals surface area contributed by atoms with Crippen LogP contribution in [0.25, 0.3) is 11.4 Å². The van der Waals surface area contributed by atoms with Crippen molar-refractivity contribution >= 4 is 0 Å². The van der Waals surface area contributed by atoms with Crippen molar-refractivity contribution in [2.24, 2.45) is 0 Å². The Morgan fingerprint density at radius 1 is 1.12 bits per heavy atom. The maximum absolute atomic E-state index is 12.4. The molecule has 0 unspecified atom stereocenters. The first kappa shape index (κ1) is 11.6. The summed E-state index contributed by atoms with van der Waals surface area (Å²) >= 11 is 0. The lowest BCUT2D eigenvalue weighted by molar-refractivity contribution is -0.141. The molecule has 2 aromatic rings. The van der Waals surface area contributed by atoms with E-state index >= 15 is 0 Å². The molecule has 0 aromatic carbocycles. The molecule has 0 atom stereocenters. The Bertz CT molecular complexity index is 543. The SMILES string of the molecule is Cc1ccc(-c2cc(C(F)(F)F)[nH]n2)nc1C. The number of nitrogens with one attached hydrogen (secondary N) is 1. The van der Waals surface area contributed by atoms with Crippen LogP contribution in [-0.2, 0) is 6.18 Å². The van der Waals surface area contributed by atoms with Gasteiger partial charge in [0.1, 0.15) is 11.4 Å². The van der Waals surface area contributed by atoms with Gasteiger partial charge < -0.3 is 0 Å². The van der Waals surface area contributed by atoms with Gasteiger partial charge in [-0.25, -0.2) is 0 Å². The number of nitrogens with zero attached hydrogens (tertiary/aromatic N) is 2. The number of halogens is 3. The molecule has 2 rings (SSSR count). The van der Waals surface area contributed by atoms with Gasteiger partial charge in [0, 0.05) is 5.69 Å². The number of alkyl halides is 3. The molecule has 2 aromatic heterocycles. The molecule has 0 amide bonds. The lowest BCUT2D eigenvalue weighted by atomic mass is 10.2. The highest BCUT2D eigenvalue weighted by atomic mass is 19.4. The fourth-order valence-electron chi connectivity index (χ4n) is 1.37. The minimum atomic E-state index is -4.41. The van der Waals surface area contributed by atoms with E-state index in [1.54, 1.807) is 19.1 Å². The third-order valence-electron chi connectivity index (χ3n) is 2.50. The molecule has 0 aliphatic heterocycles. The molecule has 0 saturated heterocycles. The van der Waals surface area contributed by atoms with Crippen LogP contribution < -0.4 is 0 Å². The van der Waals surface area contributed by atoms with Gasteiger partial charge in [0.15, 0.2) is 0 Å². The van der Waals surface area contributed by atoms with Crippen molar-refractivity contribution in [1.29, 1.82) is 0 Å². The summed E-state index contributed by atoms with van der Waals surface area (Å²) in [6, 6.07) is 4.41. The van der Waals surface area contributed by atoms with Crippen molar-refractivity contribution in [3.05, 3.63) is 35.2 Å². The summed E-state index contributed by atoms with van der Waals surface area (Å²) in [5.41, 5.74) is 1.52. The lowest BCUT2D eigenvalue weighted by Crippen LogP contribution is -2.04. The van der Waals surface area contributed by atoms with E-state index in [1.165, 1.54) is 0 Å². The Labute approximate surface area is 95.7 Å². The van der Waals surface area contributed by atoms with Gasteiger partial charge in [0.05, 0.1) is 5.69 Å². The van der Waals surface area contributed by atoms with Crippen LogP contribution in [0.1, 0.15) is 17.0 Å². The highest BCUT2D eigenvalue weighted by molar-refractivity contribution is 5.55. The van der Waals surface area contributed by atoms with E-state index in [4.69, 9.17) is 0 Å². The van der Waals surface area contributed by atoms with E-state index in [9.17, 15) is 13.2 Å². The smallest absolute Gasteiger partial charge is 0.273 e. The van der Waals surface area contributed by atoms with Crippen LogP contribution in [0, 0.1) is 13.8 Å². The largest absolute Gasteiger partial charge is 0.432 e. The van der Waals surface area contributed by atoms with Gasteiger partial charge in [-0.2, -0.15) is 18.3 Å². The summed E-state index contributed by atoms with van der Waals surface area (Å²) in [5, 5.41) is 5.58. The number of aromatic amines is 1. The average Bonchev–Trinajstić information content (AvgIpc) is 2.70. The zero-order valence-corrected chi connectivity index (χ0v) is 9.26. The number of rotatable bonds is 1. The van der Waals surface area contributed by atoms with E-state index in [1.807, 2.05) is 12.0 Å². The fourth-order valence-corrected chi connectivity index (χ4v) is 1.37. The number of hydrogen-bond acceptors (Lipinski definition) is 2. The van der Waals surface area contributed by atoms with Crippen molar-refractivity contribution in [3.8, 4) is 11.4 Å². The summed E-state index contributed by atoms with van der Waals surface area (Å²) in [5.74, 6) is 0. The monoisotopic (exact) mass is 241 g/mol. The van der Waals surface area contributed by atoms with Crippen LogP contribution in [0.4, 0.5) is 13.2 Å². The van der Waals surface area contributed by atoms with Gasteiger partial charge in [-0.15, -0.1) is 0 Å². The Hall–Kier alpha value is -1.85. The van der Waals surface area contributed by atoms with Crippen LogP contribution in [-0.4, -0.2) is 15.2 Å². The summed E-state index contributed by atoms with van der Waals surface area (Å²) in [7, 11) is 0. The Kier molecular flexibility index (Phi) is 2.65. The van der Waals surface area contributed by atoms with Gasteiger partial charge >= 0.3 is 6.18 Å². The molecule has 3 nitrogen and oxygen atoms in total. The zero-order chi connectivity index (χ0) is 12.6. The van der Waals surface area contributed by atoms with E-state index in [-0.39, 0.29) is 5.69 Å². The molecule has 17 heavy (non-hydrogen) atoms. The first-order valence-corrected chi connectivity index (χ1v) is 4.95. The average molecular weight is 241 g/mol. The fraction of sp³-hybridized carbons (Fsp3) is 0.273.